The van der Waals surface area contributed by atoms with E-state index in [2.05, 4.69) is 25.7 Å². The fourth-order valence-corrected chi connectivity index (χ4v) is 2.01. The monoisotopic (exact) mass is 201 g/mol. The minimum atomic E-state index is -0.332. The predicted octanol–water partition coefficient (Wildman–Crippen LogP) is 1.87. The van der Waals surface area contributed by atoms with Crippen molar-refractivity contribution in [1.82, 2.24) is 4.90 Å². The highest BCUT2D eigenvalue weighted by atomic mass is 16.7. The van der Waals surface area contributed by atoms with E-state index in [4.69, 9.17) is 9.47 Å². The molecule has 0 N–H and O–H groups in total. The highest BCUT2D eigenvalue weighted by Gasteiger charge is 2.37. The lowest BCUT2D eigenvalue weighted by Gasteiger charge is -2.45. The number of hydrogen-bond donors (Lipinski definition) is 0. The number of hydrogen-bond acceptors (Lipinski definition) is 3. The van der Waals surface area contributed by atoms with E-state index in [1.54, 1.807) is 14.2 Å². The van der Waals surface area contributed by atoms with Crippen molar-refractivity contribution in [3.8, 4) is 0 Å². The lowest BCUT2D eigenvalue weighted by Crippen LogP contribution is -2.52. The molecule has 0 unspecified atom stereocenters. The summed E-state index contributed by atoms with van der Waals surface area (Å²) >= 11 is 0. The van der Waals surface area contributed by atoms with Gasteiger partial charge in [-0.1, -0.05) is 0 Å². The van der Waals surface area contributed by atoms with Gasteiger partial charge in [0, 0.05) is 45.7 Å². The molecule has 0 aliphatic carbocycles. The first-order valence-corrected chi connectivity index (χ1v) is 5.29. The van der Waals surface area contributed by atoms with Crippen LogP contribution < -0.4 is 0 Å². The molecule has 3 heteroatoms. The Labute approximate surface area is 87.4 Å². The molecule has 0 aromatic heterocycles. The molecule has 0 amide bonds. The van der Waals surface area contributed by atoms with E-state index in [-0.39, 0.29) is 11.3 Å². The standard InChI is InChI=1S/C11H23NO2/c1-10(2,3)12-8-6-11(13-4,14-5)7-9-12/h6-9H2,1-5H3. The Balaban J connectivity index is 2.53. The van der Waals surface area contributed by atoms with Crippen molar-refractivity contribution >= 4 is 0 Å². The van der Waals surface area contributed by atoms with Crippen LogP contribution in [0.1, 0.15) is 33.6 Å². The zero-order chi connectivity index (χ0) is 10.8. The van der Waals surface area contributed by atoms with Gasteiger partial charge in [0.15, 0.2) is 5.79 Å². The molecule has 84 valence electrons. The van der Waals surface area contributed by atoms with Crippen LogP contribution in [0.2, 0.25) is 0 Å². The molecule has 0 aromatic rings. The second-order valence-electron chi connectivity index (χ2n) is 4.98. The molecule has 0 radical (unpaired) electrons. The third kappa shape index (κ3) is 2.47. The van der Waals surface area contributed by atoms with Gasteiger partial charge in [0.1, 0.15) is 0 Å². The number of piperidine rings is 1. The first kappa shape index (κ1) is 12.0. The van der Waals surface area contributed by atoms with Crippen LogP contribution in [0.4, 0.5) is 0 Å². The van der Waals surface area contributed by atoms with E-state index in [1.165, 1.54) is 0 Å². The molecule has 0 bridgehead atoms. The molecule has 0 spiro atoms. The Morgan fingerprint density at radius 2 is 1.43 bits per heavy atom. The van der Waals surface area contributed by atoms with E-state index in [1.807, 2.05) is 0 Å². The molecule has 14 heavy (non-hydrogen) atoms. The minimum Gasteiger partial charge on any atom is -0.353 e. The zero-order valence-corrected chi connectivity index (χ0v) is 10.1. The van der Waals surface area contributed by atoms with Crippen molar-refractivity contribution in [2.45, 2.75) is 44.9 Å². The Hall–Kier alpha value is -0.120. The Morgan fingerprint density at radius 3 is 1.71 bits per heavy atom. The average molecular weight is 201 g/mol. The molecule has 1 fully saturated rings. The smallest absolute Gasteiger partial charge is 0.169 e. The summed E-state index contributed by atoms with van der Waals surface area (Å²) < 4.78 is 10.9. The van der Waals surface area contributed by atoms with E-state index < -0.39 is 0 Å². The first-order chi connectivity index (χ1) is 6.43. The molecule has 1 rings (SSSR count). The Kier molecular flexibility index (Phi) is 3.56. The lowest BCUT2D eigenvalue weighted by molar-refractivity contribution is -0.233. The quantitative estimate of drug-likeness (QED) is 0.637. The summed E-state index contributed by atoms with van der Waals surface area (Å²) in [6.45, 7) is 8.84. The molecule has 1 aliphatic rings. The third-order valence-corrected chi connectivity index (χ3v) is 3.22. The van der Waals surface area contributed by atoms with Gasteiger partial charge in [-0.15, -0.1) is 0 Å². The fraction of sp³-hybridized carbons (Fsp3) is 1.00. The van der Waals surface area contributed by atoms with Crippen LogP contribution >= 0.6 is 0 Å². The molecule has 0 atom stereocenters. The number of likely N-dealkylation sites (tertiary alicyclic amines) is 1. The number of nitrogens with zero attached hydrogens (tertiary/aromatic N) is 1. The molecular formula is C11H23NO2. The van der Waals surface area contributed by atoms with Crippen LogP contribution in [0.5, 0.6) is 0 Å². The molecule has 3 nitrogen and oxygen atoms in total. The number of rotatable bonds is 2. The largest absolute Gasteiger partial charge is 0.353 e. The lowest BCUT2D eigenvalue weighted by atomic mass is 9.97. The van der Waals surface area contributed by atoms with Gasteiger partial charge >= 0.3 is 0 Å². The topological polar surface area (TPSA) is 21.7 Å². The first-order valence-electron chi connectivity index (χ1n) is 5.29. The maximum atomic E-state index is 5.44. The van der Waals surface area contributed by atoms with Gasteiger partial charge in [-0.3, -0.25) is 4.90 Å². The number of ether oxygens (including phenoxy) is 2. The summed E-state index contributed by atoms with van der Waals surface area (Å²) in [5, 5.41) is 0. The summed E-state index contributed by atoms with van der Waals surface area (Å²) in [6, 6.07) is 0. The van der Waals surface area contributed by atoms with Gasteiger partial charge in [-0.25, -0.2) is 0 Å². The van der Waals surface area contributed by atoms with E-state index in [9.17, 15) is 0 Å². The Bertz CT molecular complexity index is 172. The average Bonchev–Trinajstić information content (AvgIpc) is 2.16. The molecule has 0 saturated carbocycles. The molecule has 1 heterocycles. The van der Waals surface area contributed by atoms with Crippen molar-refractivity contribution in [1.29, 1.82) is 0 Å². The highest BCUT2D eigenvalue weighted by Crippen LogP contribution is 2.29. The van der Waals surface area contributed by atoms with Gasteiger partial charge < -0.3 is 9.47 Å². The van der Waals surface area contributed by atoms with Crippen LogP contribution in [0, 0.1) is 0 Å². The van der Waals surface area contributed by atoms with Crippen LogP contribution in [-0.4, -0.2) is 43.5 Å². The molecular weight excluding hydrogens is 178 g/mol. The predicted molar refractivity (Wildman–Crippen MR) is 57.3 cm³/mol. The van der Waals surface area contributed by atoms with Crippen LogP contribution in [-0.2, 0) is 9.47 Å². The summed E-state index contributed by atoms with van der Waals surface area (Å²) in [6.07, 6.45) is 1.91. The third-order valence-electron chi connectivity index (χ3n) is 3.22. The summed E-state index contributed by atoms with van der Waals surface area (Å²) in [7, 11) is 3.46. The minimum absolute atomic E-state index is 0.258. The molecule has 1 aliphatic heterocycles. The fourth-order valence-electron chi connectivity index (χ4n) is 2.01. The van der Waals surface area contributed by atoms with Gasteiger partial charge in [-0.2, -0.15) is 0 Å². The van der Waals surface area contributed by atoms with Crippen molar-refractivity contribution in [2.75, 3.05) is 27.3 Å². The normalized spacial score (nSPS) is 23.8. The van der Waals surface area contributed by atoms with Gasteiger partial charge in [0.2, 0.25) is 0 Å². The maximum absolute atomic E-state index is 5.44. The van der Waals surface area contributed by atoms with Gasteiger partial charge in [0.05, 0.1) is 0 Å². The zero-order valence-electron chi connectivity index (χ0n) is 10.1. The van der Waals surface area contributed by atoms with E-state index >= 15 is 0 Å². The van der Waals surface area contributed by atoms with Gasteiger partial charge in [-0.05, 0) is 20.8 Å². The molecule has 1 saturated heterocycles. The highest BCUT2D eigenvalue weighted by molar-refractivity contribution is 4.85. The van der Waals surface area contributed by atoms with Crippen LogP contribution in [0.15, 0.2) is 0 Å². The second-order valence-corrected chi connectivity index (χ2v) is 4.98. The van der Waals surface area contributed by atoms with Crippen LogP contribution in [0.3, 0.4) is 0 Å². The summed E-state index contributed by atoms with van der Waals surface area (Å²) in [4.78, 5) is 2.48. The SMILES string of the molecule is COC1(OC)CCN(C(C)(C)C)CC1. The van der Waals surface area contributed by atoms with Crippen molar-refractivity contribution in [2.24, 2.45) is 0 Å². The molecule has 0 aromatic carbocycles. The van der Waals surface area contributed by atoms with Crippen LogP contribution in [0.25, 0.3) is 0 Å². The van der Waals surface area contributed by atoms with Gasteiger partial charge in [0.25, 0.3) is 0 Å². The summed E-state index contributed by atoms with van der Waals surface area (Å²) in [5.41, 5.74) is 0.258. The van der Waals surface area contributed by atoms with E-state index in [0.29, 0.717) is 0 Å². The summed E-state index contributed by atoms with van der Waals surface area (Å²) in [5.74, 6) is -0.332. The van der Waals surface area contributed by atoms with Crippen molar-refractivity contribution in [3.63, 3.8) is 0 Å². The van der Waals surface area contributed by atoms with Crippen molar-refractivity contribution < 1.29 is 9.47 Å². The second kappa shape index (κ2) is 4.17. The van der Waals surface area contributed by atoms with Crippen molar-refractivity contribution in [3.05, 3.63) is 0 Å². The Morgan fingerprint density at radius 1 is 1.00 bits per heavy atom. The maximum Gasteiger partial charge on any atom is 0.169 e. The number of methoxy groups -OCH3 is 2. The van der Waals surface area contributed by atoms with E-state index in [0.717, 1.165) is 25.9 Å².